The fourth-order valence-corrected chi connectivity index (χ4v) is 2.21. The molecule has 1 aliphatic rings. The van der Waals surface area contributed by atoms with Gasteiger partial charge in [0.2, 0.25) is 0 Å². The maximum absolute atomic E-state index is 13.8. The molecule has 1 aromatic heterocycles. The fraction of sp³-hybridized carbons (Fsp3) is 0.286. The zero-order valence-electron chi connectivity index (χ0n) is 10.2. The Labute approximate surface area is 119 Å². The van der Waals surface area contributed by atoms with Gasteiger partial charge in [0.15, 0.2) is 0 Å². The van der Waals surface area contributed by atoms with Crippen LogP contribution in [0.2, 0.25) is 0 Å². The topological polar surface area (TPSA) is 37.8 Å². The molecule has 1 N–H and O–H groups in total. The minimum Gasteiger partial charge on any atom is -0.307 e. The number of hydrogen-bond donors (Lipinski definition) is 1. The summed E-state index contributed by atoms with van der Waals surface area (Å²) >= 11 is 3.35. The Morgan fingerprint density at radius 3 is 2.95 bits per heavy atom. The van der Waals surface area contributed by atoms with Crippen LogP contribution >= 0.6 is 15.9 Å². The van der Waals surface area contributed by atoms with Gasteiger partial charge in [-0.05, 0) is 37.1 Å². The minimum atomic E-state index is -0.275. The van der Waals surface area contributed by atoms with E-state index in [2.05, 4.69) is 31.2 Å². The molecule has 1 aliphatic carbocycles. The number of benzene rings is 1. The van der Waals surface area contributed by atoms with Gasteiger partial charge in [0.05, 0.1) is 12.2 Å². The van der Waals surface area contributed by atoms with Gasteiger partial charge in [-0.25, -0.2) is 14.4 Å². The van der Waals surface area contributed by atoms with Crippen LogP contribution in [0.3, 0.4) is 0 Å². The number of rotatable bonds is 4. The Bertz CT molecular complexity index is 599. The van der Waals surface area contributed by atoms with E-state index in [4.69, 9.17) is 0 Å². The zero-order chi connectivity index (χ0) is 13.2. The summed E-state index contributed by atoms with van der Waals surface area (Å²) in [7, 11) is 0. The third-order valence-electron chi connectivity index (χ3n) is 3.04. The molecule has 0 bridgehead atoms. The standard InChI is InChI=1S/C14H13BrFN3/c15-9-1-4-12(16)11(7-9)13-5-6-17-14(19-13)8-18-10-2-3-10/h1,4-7,10,18H,2-3,8H2. The van der Waals surface area contributed by atoms with E-state index in [9.17, 15) is 4.39 Å². The highest BCUT2D eigenvalue weighted by atomic mass is 79.9. The Kier molecular flexibility index (Phi) is 3.57. The summed E-state index contributed by atoms with van der Waals surface area (Å²) in [5, 5.41) is 3.35. The molecular weight excluding hydrogens is 309 g/mol. The lowest BCUT2D eigenvalue weighted by atomic mass is 10.1. The van der Waals surface area contributed by atoms with Crippen molar-refractivity contribution in [3.05, 3.63) is 46.6 Å². The minimum absolute atomic E-state index is 0.275. The Morgan fingerprint density at radius 2 is 2.16 bits per heavy atom. The first-order chi connectivity index (χ1) is 9.22. The molecule has 1 fully saturated rings. The first kappa shape index (κ1) is 12.7. The molecule has 0 saturated heterocycles. The molecule has 0 amide bonds. The maximum atomic E-state index is 13.8. The average Bonchev–Trinajstić information content (AvgIpc) is 3.24. The monoisotopic (exact) mass is 321 g/mol. The van der Waals surface area contributed by atoms with E-state index in [0.29, 0.717) is 29.7 Å². The molecule has 98 valence electrons. The van der Waals surface area contributed by atoms with Crippen molar-refractivity contribution in [3.63, 3.8) is 0 Å². The molecule has 0 unspecified atom stereocenters. The summed E-state index contributed by atoms with van der Waals surface area (Å²) in [5.41, 5.74) is 1.10. The van der Waals surface area contributed by atoms with Gasteiger partial charge in [-0.2, -0.15) is 0 Å². The number of nitrogens with zero attached hydrogens (tertiary/aromatic N) is 2. The highest BCUT2D eigenvalue weighted by Gasteiger charge is 2.20. The molecule has 3 nitrogen and oxygen atoms in total. The predicted octanol–water partition coefficient (Wildman–Crippen LogP) is 3.30. The lowest BCUT2D eigenvalue weighted by molar-refractivity contribution is 0.629. The molecular formula is C14H13BrFN3. The molecule has 0 atom stereocenters. The molecule has 3 rings (SSSR count). The van der Waals surface area contributed by atoms with Crippen molar-refractivity contribution in [2.45, 2.75) is 25.4 Å². The second kappa shape index (κ2) is 5.35. The first-order valence-corrected chi connectivity index (χ1v) is 7.02. The van der Waals surface area contributed by atoms with Crippen LogP contribution in [0.25, 0.3) is 11.3 Å². The van der Waals surface area contributed by atoms with E-state index in [0.717, 1.165) is 4.47 Å². The summed E-state index contributed by atoms with van der Waals surface area (Å²) in [6, 6.07) is 7.18. The lowest BCUT2D eigenvalue weighted by Gasteiger charge is -2.06. The Morgan fingerprint density at radius 1 is 1.32 bits per heavy atom. The van der Waals surface area contributed by atoms with Crippen molar-refractivity contribution in [2.24, 2.45) is 0 Å². The summed E-state index contributed by atoms with van der Waals surface area (Å²) in [4.78, 5) is 8.62. The van der Waals surface area contributed by atoms with E-state index in [1.165, 1.54) is 18.9 Å². The highest BCUT2D eigenvalue weighted by Crippen LogP contribution is 2.24. The van der Waals surface area contributed by atoms with E-state index < -0.39 is 0 Å². The van der Waals surface area contributed by atoms with Crippen LogP contribution in [-0.2, 0) is 6.54 Å². The molecule has 5 heteroatoms. The van der Waals surface area contributed by atoms with Gasteiger partial charge in [-0.3, -0.25) is 0 Å². The second-order valence-corrected chi connectivity index (χ2v) is 5.55. The fourth-order valence-electron chi connectivity index (χ4n) is 1.85. The van der Waals surface area contributed by atoms with Gasteiger partial charge in [-0.15, -0.1) is 0 Å². The predicted molar refractivity (Wildman–Crippen MR) is 75.0 cm³/mol. The van der Waals surface area contributed by atoms with Crippen molar-refractivity contribution in [2.75, 3.05) is 0 Å². The van der Waals surface area contributed by atoms with E-state index >= 15 is 0 Å². The summed E-state index contributed by atoms with van der Waals surface area (Å²) in [5.74, 6) is 0.423. The highest BCUT2D eigenvalue weighted by molar-refractivity contribution is 9.10. The number of aromatic nitrogens is 2. The third-order valence-corrected chi connectivity index (χ3v) is 3.53. The zero-order valence-corrected chi connectivity index (χ0v) is 11.8. The maximum Gasteiger partial charge on any atom is 0.142 e. The second-order valence-electron chi connectivity index (χ2n) is 4.64. The van der Waals surface area contributed by atoms with Gasteiger partial charge < -0.3 is 5.32 Å². The molecule has 0 aliphatic heterocycles. The number of hydrogen-bond acceptors (Lipinski definition) is 3. The molecule has 2 aromatic rings. The SMILES string of the molecule is Fc1ccc(Br)cc1-c1ccnc(CNC2CC2)n1. The van der Waals surface area contributed by atoms with Crippen LogP contribution in [0, 0.1) is 5.82 Å². The van der Waals surface area contributed by atoms with Crippen molar-refractivity contribution in [1.82, 2.24) is 15.3 Å². The van der Waals surface area contributed by atoms with Crippen molar-refractivity contribution < 1.29 is 4.39 Å². The summed E-state index contributed by atoms with van der Waals surface area (Å²) in [6.07, 6.45) is 4.12. The van der Waals surface area contributed by atoms with Gasteiger partial charge in [-0.1, -0.05) is 15.9 Å². The smallest absolute Gasteiger partial charge is 0.142 e. The van der Waals surface area contributed by atoms with E-state index in [-0.39, 0.29) is 5.82 Å². The van der Waals surface area contributed by atoms with Gasteiger partial charge in [0, 0.05) is 22.3 Å². The Hall–Kier alpha value is -1.33. The molecule has 1 saturated carbocycles. The quantitative estimate of drug-likeness (QED) is 0.939. The van der Waals surface area contributed by atoms with Crippen molar-refractivity contribution >= 4 is 15.9 Å². The van der Waals surface area contributed by atoms with Crippen LogP contribution in [0.5, 0.6) is 0 Å². The van der Waals surface area contributed by atoms with Gasteiger partial charge >= 0.3 is 0 Å². The molecule has 1 heterocycles. The van der Waals surface area contributed by atoms with Crippen molar-refractivity contribution in [3.8, 4) is 11.3 Å². The van der Waals surface area contributed by atoms with Gasteiger partial charge in [0.25, 0.3) is 0 Å². The van der Waals surface area contributed by atoms with Crippen LogP contribution < -0.4 is 5.32 Å². The summed E-state index contributed by atoms with van der Waals surface area (Å²) in [6.45, 7) is 0.633. The summed E-state index contributed by atoms with van der Waals surface area (Å²) < 4.78 is 14.6. The van der Waals surface area contributed by atoms with E-state index in [1.807, 2.05) is 0 Å². The number of halogens is 2. The van der Waals surface area contributed by atoms with Crippen LogP contribution in [0.1, 0.15) is 18.7 Å². The lowest BCUT2D eigenvalue weighted by Crippen LogP contribution is -2.17. The van der Waals surface area contributed by atoms with Crippen molar-refractivity contribution in [1.29, 1.82) is 0 Å². The molecule has 1 aromatic carbocycles. The first-order valence-electron chi connectivity index (χ1n) is 6.23. The molecule has 0 spiro atoms. The molecule has 0 radical (unpaired) electrons. The van der Waals surface area contributed by atoms with Crippen LogP contribution in [0.4, 0.5) is 4.39 Å². The average molecular weight is 322 g/mol. The van der Waals surface area contributed by atoms with Gasteiger partial charge in [0.1, 0.15) is 11.6 Å². The Balaban J connectivity index is 1.86. The van der Waals surface area contributed by atoms with Crippen LogP contribution in [0.15, 0.2) is 34.9 Å². The van der Waals surface area contributed by atoms with Crippen LogP contribution in [-0.4, -0.2) is 16.0 Å². The molecule has 19 heavy (non-hydrogen) atoms. The van der Waals surface area contributed by atoms with E-state index in [1.54, 1.807) is 24.4 Å². The third kappa shape index (κ3) is 3.16. The largest absolute Gasteiger partial charge is 0.307 e. The normalized spacial score (nSPS) is 14.6. The number of nitrogens with one attached hydrogen (secondary N) is 1.